The number of carbonyl (C=O) groups excluding carboxylic acids is 2. The Morgan fingerprint density at radius 2 is 0.731 bits per heavy atom. The molecule has 0 aliphatic rings. The van der Waals surface area contributed by atoms with Gasteiger partial charge in [0.15, 0.2) is 6.10 Å². The Hall–Kier alpha value is -4.31. The maximum Gasteiger partial charge on any atom is 0.361 e. The number of carbonyl (C=O) groups is 3. The summed E-state index contributed by atoms with van der Waals surface area (Å²) < 4.78 is 22.8. The lowest BCUT2D eigenvalue weighted by Crippen LogP contribution is -2.40. The molecule has 9 heteroatoms. The Kier molecular flexibility index (Phi) is 55.6. The standard InChI is InChI=1S/C69H115NO8/c1-6-8-10-12-14-16-18-20-21-22-23-24-25-26-27-28-29-30-31-32-33-34-35-36-37-38-39-40-41-42-43-44-45-46-47-48-50-52-54-56-58-60-67(72)78-65(64-77-69(68(73)74)75-62-61-70(3,4)5)63-76-66(71)59-57-55-53-51-49-19-17-15-13-11-9-7-2/h8,10,14,16,20-21,23-24,26-27,29-30,32-33,35-36,38-39,41-42,65,69H,6-7,9,11-13,15,17-19,22,25,28,31,34,37,40,43-64H2,1-5H3/p+1/b10-8-,16-14-,21-20-,24-23-,27-26-,30-29-,33-32-,36-35-,39-38-,42-41-. The van der Waals surface area contributed by atoms with Crippen molar-refractivity contribution in [1.29, 1.82) is 0 Å². The molecule has 0 aromatic rings. The maximum absolute atomic E-state index is 12.9. The average Bonchev–Trinajstić information content (AvgIpc) is 3.41. The Bertz CT molecular complexity index is 1690. The first kappa shape index (κ1) is 73.7. The van der Waals surface area contributed by atoms with Crippen molar-refractivity contribution in [1.82, 2.24) is 0 Å². The largest absolute Gasteiger partial charge is 0.477 e. The number of hydrogen-bond acceptors (Lipinski definition) is 7. The number of hydrogen-bond donors (Lipinski definition) is 1. The zero-order chi connectivity index (χ0) is 56.9. The van der Waals surface area contributed by atoms with Crippen LogP contribution in [0.4, 0.5) is 0 Å². The minimum atomic E-state index is -1.51. The molecule has 0 aromatic carbocycles. The van der Waals surface area contributed by atoms with E-state index in [1.807, 2.05) is 21.1 Å². The van der Waals surface area contributed by atoms with Crippen LogP contribution in [-0.4, -0.2) is 87.4 Å². The minimum Gasteiger partial charge on any atom is -0.477 e. The summed E-state index contributed by atoms with van der Waals surface area (Å²) in [5.74, 6) is -2.01. The fourth-order valence-corrected chi connectivity index (χ4v) is 8.22. The van der Waals surface area contributed by atoms with E-state index < -0.39 is 24.3 Å². The van der Waals surface area contributed by atoms with E-state index in [4.69, 9.17) is 18.9 Å². The molecular weight excluding hydrogens is 971 g/mol. The van der Waals surface area contributed by atoms with Crippen LogP contribution in [0.2, 0.25) is 0 Å². The number of carboxylic acid groups (broad SMARTS) is 1. The number of quaternary nitrogens is 1. The van der Waals surface area contributed by atoms with E-state index in [9.17, 15) is 19.5 Å². The normalized spacial score (nSPS) is 13.6. The smallest absolute Gasteiger partial charge is 0.361 e. The topological polar surface area (TPSA) is 108 Å². The van der Waals surface area contributed by atoms with E-state index in [-0.39, 0.29) is 32.2 Å². The molecule has 9 nitrogen and oxygen atoms in total. The number of rotatable bonds is 56. The third-order valence-electron chi connectivity index (χ3n) is 13.0. The predicted molar refractivity (Wildman–Crippen MR) is 331 cm³/mol. The number of allylic oxidation sites excluding steroid dienone is 20. The molecule has 0 radical (unpaired) electrons. The van der Waals surface area contributed by atoms with E-state index in [1.54, 1.807) is 0 Å². The van der Waals surface area contributed by atoms with Gasteiger partial charge in [-0.05, 0) is 89.9 Å². The fraction of sp³-hybridized carbons (Fsp3) is 0.667. The lowest BCUT2D eigenvalue weighted by molar-refractivity contribution is -0.870. The van der Waals surface area contributed by atoms with Crippen LogP contribution >= 0.6 is 0 Å². The van der Waals surface area contributed by atoms with E-state index in [2.05, 4.69) is 135 Å². The van der Waals surface area contributed by atoms with Crippen molar-refractivity contribution in [2.45, 2.75) is 251 Å². The van der Waals surface area contributed by atoms with Gasteiger partial charge in [0, 0.05) is 12.8 Å². The first-order valence-corrected chi connectivity index (χ1v) is 31.2. The van der Waals surface area contributed by atoms with Gasteiger partial charge in [0.25, 0.3) is 6.29 Å². The summed E-state index contributed by atoms with van der Waals surface area (Å²) >= 11 is 0. The first-order valence-electron chi connectivity index (χ1n) is 31.2. The van der Waals surface area contributed by atoms with Gasteiger partial charge in [0.2, 0.25) is 0 Å². The minimum absolute atomic E-state index is 0.183. The van der Waals surface area contributed by atoms with Crippen molar-refractivity contribution in [3.8, 4) is 0 Å². The molecule has 2 atom stereocenters. The summed E-state index contributed by atoms with van der Waals surface area (Å²) in [6.07, 6.45) is 80.1. The van der Waals surface area contributed by atoms with Crippen molar-refractivity contribution in [2.24, 2.45) is 0 Å². The summed E-state index contributed by atoms with van der Waals surface area (Å²) in [6, 6.07) is 0. The zero-order valence-electron chi connectivity index (χ0n) is 50.5. The van der Waals surface area contributed by atoms with E-state index in [1.165, 1.54) is 96.3 Å². The van der Waals surface area contributed by atoms with Gasteiger partial charge in [-0.15, -0.1) is 0 Å². The Morgan fingerprint density at radius 3 is 1.09 bits per heavy atom. The highest BCUT2D eigenvalue weighted by atomic mass is 16.7. The molecule has 1 N–H and O–H groups in total. The number of unbranched alkanes of at least 4 members (excludes halogenated alkanes) is 21. The zero-order valence-corrected chi connectivity index (χ0v) is 50.5. The van der Waals surface area contributed by atoms with E-state index in [0.717, 1.165) is 109 Å². The van der Waals surface area contributed by atoms with Crippen LogP contribution in [0.15, 0.2) is 122 Å². The van der Waals surface area contributed by atoms with Crippen LogP contribution in [0.1, 0.15) is 239 Å². The number of carboxylic acids is 1. The van der Waals surface area contributed by atoms with Gasteiger partial charge < -0.3 is 28.5 Å². The predicted octanol–water partition coefficient (Wildman–Crippen LogP) is 18.8. The van der Waals surface area contributed by atoms with Gasteiger partial charge in [0.05, 0.1) is 34.4 Å². The van der Waals surface area contributed by atoms with Crippen LogP contribution < -0.4 is 0 Å². The number of nitrogens with zero attached hydrogens (tertiary/aromatic N) is 1. The quantitative estimate of drug-likeness (QED) is 0.0211. The summed E-state index contributed by atoms with van der Waals surface area (Å²) in [5.41, 5.74) is 0. The van der Waals surface area contributed by atoms with Gasteiger partial charge in [-0.25, -0.2) is 4.79 Å². The highest BCUT2D eigenvalue weighted by Gasteiger charge is 2.25. The SMILES string of the molecule is CC/C=C\C/C=C\C/C=C\C/C=C\C/C=C\C/C=C\C/C=C\C/C=C\C/C=C\C/C=C\CCCCCCCCCCCCC(=O)OC(COC(=O)CCCCCCCCCCCCCC)COC(OCC[N+](C)(C)C)C(=O)O. The van der Waals surface area contributed by atoms with E-state index in [0.29, 0.717) is 23.9 Å². The van der Waals surface area contributed by atoms with Gasteiger partial charge in [0.1, 0.15) is 13.2 Å². The number of likely N-dealkylation sites (N-methyl/N-ethyl adjacent to an activating group) is 1. The molecule has 0 bridgehead atoms. The molecule has 0 saturated carbocycles. The van der Waals surface area contributed by atoms with Crippen molar-refractivity contribution < 1.29 is 42.9 Å². The molecule has 0 aliphatic heterocycles. The van der Waals surface area contributed by atoms with Crippen LogP contribution in [0.25, 0.3) is 0 Å². The average molecular weight is 1090 g/mol. The molecule has 0 heterocycles. The maximum atomic E-state index is 12.9. The fourth-order valence-electron chi connectivity index (χ4n) is 8.22. The van der Waals surface area contributed by atoms with Crippen LogP contribution in [0, 0.1) is 0 Å². The number of ether oxygens (including phenoxy) is 4. The second kappa shape index (κ2) is 58.8. The molecule has 0 amide bonds. The highest BCUT2D eigenvalue weighted by molar-refractivity contribution is 5.71. The summed E-state index contributed by atoms with van der Waals surface area (Å²) in [5, 5.41) is 9.69. The molecule has 0 aliphatic carbocycles. The van der Waals surface area contributed by atoms with Gasteiger partial charge in [-0.3, -0.25) is 9.59 Å². The van der Waals surface area contributed by atoms with Crippen molar-refractivity contribution in [2.75, 3.05) is 47.5 Å². The van der Waals surface area contributed by atoms with Gasteiger partial charge in [-0.1, -0.05) is 257 Å². The van der Waals surface area contributed by atoms with Crippen molar-refractivity contribution in [3.05, 3.63) is 122 Å². The van der Waals surface area contributed by atoms with Crippen molar-refractivity contribution >= 4 is 17.9 Å². The summed E-state index contributed by atoms with van der Waals surface area (Å²) in [4.78, 5) is 37.3. The van der Waals surface area contributed by atoms with Crippen LogP contribution in [-0.2, 0) is 33.3 Å². The number of esters is 2. The molecule has 0 saturated heterocycles. The third-order valence-corrected chi connectivity index (χ3v) is 13.0. The molecule has 0 aromatic heterocycles. The van der Waals surface area contributed by atoms with Gasteiger partial charge in [-0.2, -0.15) is 0 Å². The third kappa shape index (κ3) is 59.4. The highest BCUT2D eigenvalue weighted by Crippen LogP contribution is 2.15. The summed E-state index contributed by atoms with van der Waals surface area (Å²) in [7, 11) is 5.96. The summed E-state index contributed by atoms with van der Waals surface area (Å²) in [6.45, 7) is 4.75. The molecule has 0 spiro atoms. The van der Waals surface area contributed by atoms with Gasteiger partial charge >= 0.3 is 17.9 Å². The van der Waals surface area contributed by atoms with Crippen LogP contribution in [0.3, 0.4) is 0 Å². The molecule has 0 fully saturated rings. The molecular formula is C69H116NO8+. The van der Waals surface area contributed by atoms with Crippen LogP contribution in [0.5, 0.6) is 0 Å². The molecule has 444 valence electrons. The Morgan fingerprint density at radius 1 is 0.397 bits per heavy atom. The lowest BCUT2D eigenvalue weighted by atomic mass is 10.0. The Labute approximate surface area is 478 Å². The monoisotopic (exact) mass is 1090 g/mol. The molecule has 0 rings (SSSR count). The first-order chi connectivity index (χ1) is 38.1. The lowest BCUT2D eigenvalue weighted by Gasteiger charge is -2.25. The second-order valence-electron chi connectivity index (χ2n) is 21.6. The Balaban J connectivity index is 4.10. The molecule has 78 heavy (non-hydrogen) atoms. The molecule has 2 unspecified atom stereocenters. The van der Waals surface area contributed by atoms with E-state index >= 15 is 0 Å². The second-order valence-corrected chi connectivity index (χ2v) is 21.6. The van der Waals surface area contributed by atoms with Crippen molar-refractivity contribution in [3.63, 3.8) is 0 Å². The number of aliphatic carboxylic acids is 1.